The van der Waals surface area contributed by atoms with Gasteiger partial charge in [-0.15, -0.1) is 0 Å². The lowest BCUT2D eigenvalue weighted by Gasteiger charge is -2.26. The van der Waals surface area contributed by atoms with Crippen molar-refractivity contribution in [2.24, 2.45) is 11.7 Å². The van der Waals surface area contributed by atoms with Crippen LogP contribution in [0.4, 0.5) is 0 Å². The number of fused-ring (bicyclic) bond motifs is 1. The van der Waals surface area contributed by atoms with Gasteiger partial charge in [0.05, 0.1) is 6.04 Å². The molecule has 46 heavy (non-hydrogen) atoms. The standard InChI is InChI=1S/C35H41N5O6/c1-21(2)16-29(38-32(42)27(36)17-23-12-14-25(41)15-13-23)33(43)39-30(19-24-20-37-28-11-7-6-10-26(24)28)34(44)40-31(35(45)46)18-22-8-4-3-5-9-22/h3-15,20-21,27,29-31,37,41H,16-19,36H2,1-2H3,(H,38,42)(H,39,43)(H,40,44)(H,45,46). The van der Waals surface area contributed by atoms with Crippen LogP contribution in [0.2, 0.25) is 0 Å². The van der Waals surface area contributed by atoms with Crippen molar-refractivity contribution in [3.05, 3.63) is 102 Å². The number of aromatic hydroxyl groups is 1. The van der Waals surface area contributed by atoms with Crippen molar-refractivity contribution >= 4 is 34.6 Å². The second kappa shape index (κ2) is 15.7. The lowest BCUT2D eigenvalue weighted by molar-refractivity contribution is -0.142. The van der Waals surface area contributed by atoms with E-state index in [0.717, 1.165) is 27.6 Å². The number of amides is 3. The number of aromatic nitrogens is 1. The highest BCUT2D eigenvalue weighted by Crippen LogP contribution is 2.20. The van der Waals surface area contributed by atoms with Crippen LogP contribution in [0.3, 0.4) is 0 Å². The Morgan fingerprint density at radius 1 is 0.717 bits per heavy atom. The number of rotatable bonds is 15. The van der Waals surface area contributed by atoms with Crippen LogP contribution in [-0.2, 0) is 38.4 Å². The Balaban J connectivity index is 1.54. The van der Waals surface area contributed by atoms with Gasteiger partial charge in [0.2, 0.25) is 17.7 Å². The van der Waals surface area contributed by atoms with Crippen LogP contribution in [-0.4, -0.2) is 63.1 Å². The zero-order chi connectivity index (χ0) is 33.2. The molecular weight excluding hydrogens is 586 g/mol. The van der Waals surface area contributed by atoms with Gasteiger partial charge in [-0.1, -0.05) is 74.5 Å². The Morgan fingerprint density at radius 3 is 1.98 bits per heavy atom. The number of hydrogen-bond donors (Lipinski definition) is 7. The summed E-state index contributed by atoms with van der Waals surface area (Å²) in [5.41, 5.74) is 9.25. The quantitative estimate of drug-likeness (QED) is 0.106. The summed E-state index contributed by atoms with van der Waals surface area (Å²) in [6, 6.07) is 18.4. The molecule has 242 valence electrons. The third kappa shape index (κ3) is 9.42. The molecule has 0 aliphatic carbocycles. The summed E-state index contributed by atoms with van der Waals surface area (Å²) in [6.07, 6.45) is 2.34. The monoisotopic (exact) mass is 627 g/mol. The summed E-state index contributed by atoms with van der Waals surface area (Å²) in [6.45, 7) is 3.81. The van der Waals surface area contributed by atoms with E-state index in [1.54, 1.807) is 42.6 Å². The molecule has 1 aromatic heterocycles. The number of nitrogens with two attached hydrogens (primary N) is 1. The van der Waals surface area contributed by atoms with Crippen LogP contribution in [0.1, 0.15) is 37.0 Å². The molecule has 0 radical (unpaired) electrons. The molecule has 8 N–H and O–H groups in total. The lowest BCUT2D eigenvalue weighted by Crippen LogP contribution is -2.58. The highest BCUT2D eigenvalue weighted by molar-refractivity contribution is 5.95. The van der Waals surface area contributed by atoms with Gasteiger partial charge in [-0.05, 0) is 53.6 Å². The van der Waals surface area contributed by atoms with Crippen molar-refractivity contribution in [3.8, 4) is 5.75 Å². The minimum Gasteiger partial charge on any atom is -0.508 e. The molecule has 0 saturated carbocycles. The molecule has 11 nitrogen and oxygen atoms in total. The molecule has 0 fully saturated rings. The van der Waals surface area contributed by atoms with Gasteiger partial charge in [0.15, 0.2) is 0 Å². The number of carboxylic acid groups (broad SMARTS) is 1. The molecule has 4 atom stereocenters. The molecule has 0 aliphatic rings. The average molecular weight is 628 g/mol. The van der Waals surface area contributed by atoms with Crippen molar-refractivity contribution < 1.29 is 29.4 Å². The van der Waals surface area contributed by atoms with E-state index < -0.39 is 47.9 Å². The van der Waals surface area contributed by atoms with Gasteiger partial charge >= 0.3 is 5.97 Å². The van der Waals surface area contributed by atoms with E-state index in [1.165, 1.54) is 12.1 Å². The molecule has 0 saturated heterocycles. The van der Waals surface area contributed by atoms with E-state index in [0.29, 0.717) is 0 Å². The largest absolute Gasteiger partial charge is 0.508 e. The number of aromatic amines is 1. The number of benzene rings is 3. The number of carbonyl (C=O) groups is 4. The first-order valence-corrected chi connectivity index (χ1v) is 15.3. The predicted octanol–water partition coefficient (Wildman–Crippen LogP) is 2.81. The predicted molar refractivity (Wildman–Crippen MR) is 175 cm³/mol. The first kappa shape index (κ1) is 33.7. The Morgan fingerprint density at radius 2 is 1.30 bits per heavy atom. The van der Waals surface area contributed by atoms with Gasteiger partial charge in [-0.25, -0.2) is 4.79 Å². The van der Waals surface area contributed by atoms with Gasteiger partial charge in [0.1, 0.15) is 23.9 Å². The number of phenols is 1. The number of phenolic OH excluding ortho intramolecular Hbond substituents is 1. The summed E-state index contributed by atoms with van der Waals surface area (Å²) in [7, 11) is 0. The Kier molecular flexibility index (Phi) is 11.5. The van der Waals surface area contributed by atoms with Crippen molar-refractivity contribution in [1.82, 2.24) is 20.9 Å². The zero-order valence-corrected chi connectivity index (χ0v) is 25.9. The number of carboxylic acids is 1. The Hall–Kier alpha value is -5.16. The molecule has 1 heterocycles. The molecule has 0 spiro atoms. The van der Waals surface area contributed by atoms with E-state index in [2.05, 4.69) is 20.9 Å². The Bertz CT molecular complexity index is 1640. The topological polar surface area (TPSA) is 187 Å². The van der Waals surface area contributed by atoms with Crippen LogP contribution in [0, 0.1) is 5.92 Å². The van der Waals surface area contributed by atoms with Crippen molar-refractivity contribution in [3.63, 3.8) is 0 Å². The third-order valence-corrected chi connectivity index (χ3v) is 7.70. The van der Waals surface area contributed by atoms with Gasteiger partial charge in [-0.2, -0.15) is 0 Å². The second-order valence-electron chi connectivity index (χ2n) is 11.9. The van der Waals surface area contributed by atoms with E-state index in [1.807, 2.05) is 44.2 Å². The smallest absolute Gasteiger partial charge is 0.326 e. The fourth-order valence-corrected chi connectivity index (χ4v) is 5.28. The van der Waals surface area contributed by atoms with E-state index in [-0.39, 0.29) is 37.4 Å². The third-order valence-electron chi connectivity index (χ3n) is 7.70. The molecule has 4 rings (SSSR count). The summed E-state index contributed by atoms with van der Waals surface area (Å²) < 4.78 is 0. The maximum absolute atomic E-state index is 13.8. The number of aliphatic carboxylic acids is 1. The Labute approximate surface area is 267 Å². The summed E-state index contributed by atoms with van der Waals surface area (Å²) in [4.78, 5) is 55.9. The maximum atomic E-state index is 13.8. The first-order chi connectivity index (χ1) is 22.0. The molecule has 11 heteroatoms. The van der Waals surface area contributed by atoms with Crippen LogP contribution >= 0.6 is 0 Å². The molecule has 3 aromatic carbocycles. The highest BCUT2D eigenvalue weighted by atomic mass is 16.4. The highest BCUT2D eigenvalue weighted by Gasteiger charge is 2.31. The second-order valence-corrected chi connectivity index (χ2v) is 11.9. The number of para-hydroxylation sites is 1. The minimum atomic E-state index is -1.23. The van der Waals surface area contributed by atoms with Crippen LogP contribution < -0.4 is 21.7 Å². The fourth-order valence-electron chi connectivity index (χ4n) is 5.28. The molecule has 0 aliphatic heterocycles. The normalized spacial score (nSPS) is 13.8. The number of hydrogen-bond acceptors (Lipinski definition) is 6. The molecule has 4 unspecified atom stereocenters. The summed E-state index contributed by atoms with van der Waals surface area (Å²) in [5, 5.41) is 28.5. The first-order valence-electron chi connectivity index (χ1n) is 15.3. The van der Waals surface area contributed by atoms with Gasteiger partial charge in [-0.3, -0.25) is 14.4 Å². The van der Waals surface area contributed by atoms with Crippen molar-refractivity contribution in [2.45, 2.75) is 63.7 Å². The molecule has 3 amide bonds. The number of H-pyrrole nitrogens is 1. The number of nitrogens with one attached hydrogen (secondary N) is 4. The van der Waals surface area contributed by atoms with Crippen LogP contribution in [0.25, 0.3) is 10.9 Å². The fraction of sp³-hybridized carbons (Fsp3) is 0.314. The van der Waals surface area contributed by atoms with Gasteiger partial charge in [0, 0.05) is 29.9 Å². The molecule has 4 aromatic rings. The number of carbonyl (C=O) groups excluding carboxylic acids is 3. The summed E-state index contributed by atoms with van der Waals surface area (Å²) in [5.74, 6) is -2.90. The average Bonchev–Trinajstić information content (AvgIpc) is 3.44. The van der Waals surface area contributed by atoms with Crippen LogP contribution in [0.5, 0.6) is 5.75 Å². The minimum absolute atomic E-state index is 0.00697. The van der Waals surface area contributed by atoms with Crippen molar-refractivity contribution in [2.75, 3.05) is 0 Å². The SMILES string of the molecule is CC(C)CC(NC(=O)C(N)Cc1ccc(O)cc1)C(=O)NC(Cc1c[nH]c2ccccc12)C(=O)NC(Cc1ccccc1)C(=O)O. The lowest BCUT2D eigenvalue weighted by atomic mass is 9.99. The van der Waals surface area contributed by atoms with Crippen molar-refractivity contribution in [1.29, 1.82) is 0 Å². The van der Waals surface area contributed by atoms with E-state index >= 15 is 0 Å². The zero-order valence-electron chi connectivity index (χ0n) is 25.9. The van der Waals surface area contributed by atoms with E-state index in [4.69, 9.17) is 5.73 Å². The van der Waals surface area contributed by atoms with Gasteiger partial charge in [0.25, 0.3) is 0 Å². The molecular formula is C35H41N5O6. The van der Waals surface area contributed by atoms with Crippen LogP contribution in [0.15, 0.2) is 85.1 Å². The van der Waals surface area contributed by atoms with Gasteiger partial charge < -0.3 is 36.9 Å². The molecule has 0 bridgehead atoms. The summed E-state index contributed by atoms with van der Waals surface area (Å²) >= 11 is 0. The van der Waals surface area contributed by atoms with E-state index in [9.17, 15) is 29.4 Å². The maximum Gasteiger partial charge on any atom is 0.326 e.